The van der Waals surface area contributed by atoms with Gasteiger partial charge in [0.15, 0.2) is 23.3 Å². The molecule has 0 saturated heterocycles. The average molecular weight is 527 g/mol. The number of alkyl halides is 1. The second-order valence-electron chi connectivity index (χ2n) is 7.78. The van der Waals surface area contributed by atoms with Gasteiger partial charge in [-0.3, -0.25) is 9.71 Å². The minimum absolute atomic E-state index is 0.167. The molecule has 0 bridgehead atoms. The summed E-state index contributed by atoms with van der Waals surface area (Å²) < 4.78 is 96.8. The van der Waals surface area contributed by atoms with Crippen molar-refractivity contribution in [1.29, 1.82) is 0 Å². The van der Waals surface area contributed by atoms with E-state index in [1.807, 2.05) is 36.8 Å². The van der Waals surface area contributed by atoms with Crippen LogP contribution >= 0.6 is 11.6 Å². The average Bonchev–Trinajstić information content (AvgIpc) is 2.80. The normalized spacial score (nSPS) is 11.8. The fraction of sp³-hybridized carbons (Fsp3) is 0.125. The summed E-state index contributed by atoms with van der Waals surface area (Å²) in [4.78, 5) is 2.56. The molecule has 0 unspecified atom stereocenters. The number of anilines is 1. The zero-order valence-electron chi connectivity index (χ0n) is 18.2. The highest BCUT2D eigenvalue weighted by molar-refractivity contribution is 7.92. The summed E-state index contributed by atoms with van der Waals surface area (Å²) in [6, 6.07) is 9.97. The summed E-state index contributed by atoms with van der Waals surface area (Å²) in [7, 11) is -5.11. The number of hydrogen-bond acceptors (Lipinski definition) is 3. The van der Waals surface area contributed by atoms with Crippen molar-refractivity contribution in [2.45, 2.75) is 25.4 Å². The van der Waals surface area contributed by atoms with Gasteiger partial charge in [-0.2, -0.15) is 0 Å². The van der Waals surface area contributed by atoms with Crippen LogP contribution in [0.1, 0.15) is 16.7 Å². The van der Waals surface area contributed by atoms with Gasteiger partial charge in [-0.25, -0.2) is 30.4 Å². The van der Waals surface area contributed by atoms with Crippen molar-refractivity contribution < 1.29 is 30.4 Å². The van der Waals surface area contributed by atoms with Crippen LogP contribution < -0.4 is 4.72 Å². The summed E-state index contributed by atoms with van der Waals surface area (Å²) in [5.74, 6) is -9.05. The number of rotatable bonds is 5. The number of halogens is 6. The molecule has 0 saturated carbocycles. The number of fused-ring (bicyclic) bond motifs is 1. The monoisotopic (exact) mass is 526 g/mol. The zero-order valence-corrected chi connectivity index (χ0v) is 19.8. The molecule has 3 aromatic carbocycles. The van der Waals surface area contributed by atoms with Crippen LogP contribution in [0.3, 0.4) is 0 Å². The number of pyridine rings is 1. The lowest BCUT2D eigenvalue weighted by Gasteiger charge is -2.16. The minimum Gasteiger partial charge on any atom is -0.279 e. The summed E-state index contributed by atoms with van der Waals surface area (Å²) in [5.41, 5.74) is 2.04. The Morgan fingerprint density at radius 1 is 0.943 bits per heavy atom. The molecular weight excluding hydrogens is 511 g/mol. The summed E-state index contributed by atoms with van der Waals surface area (Å²) in [6.45, 7) is 1.91. The second kappa shape index (κ2) is 9.09. The van der Waals surface area contributed by atoms with E-state index in [9.17, 15) is 30.4 Å². The van der Waals surface area contributed by atoms with Gasteiger partial charge in [-0.15, -0.1) is 0 Å². The van der Waals surface area contributed by atoms with E-state index < -0.39 is 50.4 Å². The molecule has 1 N–H and O–H groups in total. The van der Waals surface area contributed by atoms with E-state index in [-0.39, 0.29) is 16.1 Å². The first-order chi connectivity index (χ1) is 16.5. The number of aryl methyl sites for hydroxylation is 2. The predicted molar refractivity (Wildman–Crippen MR) is 124 cm³/mol. The molecule has 4 aromatic rings. The van der Waals surface area contributed by atoms with Gasteiger partial charge in [0.05, 0.1) is 11.2 Å². The Morgan fingerprint density at radius 3 is 2.20 bits per heavy atom. The van der Waals surface area contributed by atoms with Gasteiger partial charge in [-0.1, -0.05) is 29.8 Å². The van der Waals surface area contributed by atoms with Gasteiger partial charge in [-0.05, 0) is 48.7 Å². The Hall–Kier alpha value is -3.24. The molecule has 35 heavy (non-hydrogen) atoms. The Bertz CT molecular complexity index is 1590. The topological polar surface area (TPSA) is 59.1 Å². The molecule has 0 fully saturated rings. The van der Waals surface area contributed by atoms with Crippen molar-refractivity contribution in [3.8, 4) is 11.1 Å². The number of hydrogen-bond donors (Lipinski definition) is 1. The van der Waals surface area contributed by atoms with E-state index in [1.54, 1.807) is 6.07 Å². The molecule has 11 heteroatoms. The van der Waals surface area contributed by atoms with Crippen LogP contribution in [0, 0.1) is 37.1 Å². The van der Waals surface area contributed by atoms with E-state index in [4.69, 9.17) is 11.6 Å². The molecule has 0 aliphatic heterocycles. The maximum Gasteiger partial charge on any atom is 0.265 e. The fourth-order valence-electron chi connectivity index (χ4n) is 3.94. The standard InChI is InChI=1S/C24H16ClF5N2O2S/c1-11-4-3-5-12(2)19(11)13-9-18-14(8-16(13)25)17(6-7-31-18)32-35(33,34)24-15(10-26)20(27)21(28)22(29)23(24)30/h3-9H,10H2,1-2H3,(H,31,32). The van der Waals surface area contributed by atoms with Gasteiger partial charge in [0.25, 0.3) is 10.0 Å². The highest BCUT2D eigenvalue weighted by Crippen LogP contribution is 2.38. The van der Waals surface area contributed by atoms with E-state index in [1.165, 1.54) is 18.3 Å². The van der Waals surface area contributed by atoms with Crippen LogP contribution in [-0.4, -0.2) is 13.4 Å². The van der Waals surface area contributed by atoms with Crippen molar-refractivity contribution in [3.63, 3.8) is 0 Å². The third-order valence-electron chi connectivity index (χ3n) is 5.54. The first-order valence-electron chi connectivity index (χ1n) is 10.1. The van der Waals surface area contributed by atoms with E-state index in [0.717, 1.165) is 16.7 Å². The van der Waals surface area contributed by atoms with Crippen LogP contribution in [0.25, 0.3) is 22.0 Å². The summed E-state index contributed by atoms with van der Waals surface area (Å²) in [5, 5.41) is 0.430. The molecule has 4 nitrogen and oxygen atoms in total. The largest absolute Gasteiger partial charge is 0.279 e. The third-order valence-corrected chi connectivity index (χ3v) is 7.31. The molecule has 0 aliphatic rings. The van der Waals surface area contributed by atoms with Crippen molar-refractivity contribution >= 4 is 38.2 Å². The molecular formula is C24H16ClF5N2O2S. The van der Waals surface area contributed by atoms with Crippen LogP contribution in [-0.2, 0) is 16.7 Å². The highest BCUT2D eigenvalue weighted by atomic mass is 35.5. The first kappa shape index (κ1) is 24.9. The lowest BCUT2D eigenvalue weighted by molar-refractivity contribution is 0.371. The van der Waals surface area contributed by atoms with E-state index >= 15 is 0 Å². The van der Waals surface area contributed by atoms with E-state index in [2.05, 4.69) is 4.98 Å². The van der Waals surface area contributed by atoms with Crippen molar-refractivity contribution in [3.05, 3.63) is 87.6 Å². The second-order valence-corrected chi connectivity index (χ2v) is 9.80. The lowest BCUT2D eigenvalue weighted by atomic mass is 9.95. The molecule has 0 radical (unpaired) electrons. The smallest absolute Gasteiger partial charge is 0.265 e. The third kappa shape index (κ3) is 4.21. The highest BCUT2D eigenvalue weighted by Gasteiger charge is 2.33. The van der Waals surface area contributed by atoms with E-state index in [0.29, 0.717) is 11.1 Å². The molecule has 4 rings (SSSR count). The Kier molecular flexibility index (Phi) is 6.46. The summed E-state index contributed by atoms with van der Waals surface area (Å²) >= 11 is 6.52. The molecule has 0 amide bonds. The molecule has 0 aliphatic carbocycles. The maximum atomic E-state index is 14.4. The Labute approximate surface area is 202 Å². The van der Waals surface area contributed by atoms with Crippen molar-refractivity contribution in [2.75, 3.05) is 4.72 Å². The molecule has 1 aromatic heterocycles. The van der Waals surface area contributed by atoms with Crippen LogP contribution in [0.4, 0.5) is 27.6 Å². The predicted octanol–water partition coefficient (Wildman–Crippen LogP) is 7.00. The fourth-order valence-corrected chi connectivity index (χ4v) is 5.56. The van der Waals surface area contributed by atoms with Crippen molar-refractivity contribution in [2.24, 2.45) is 0 Å². The quantitative estimate of drug-likeness (QED) is 0.173. The van der Waals surface area contributed by atoms with Gasteiger partial charge >= 0.3 is 0 Å². The Morgan fingerprint density at radius 2 is 1.57 bits per heavy atom. The zero-order chi connectivity index (χ0) is 25.7. The molecule has 0 spiro atoms. The lowest BCUT2D eigenvalue weighted by Crippen LogP contribution is -2.20. The Balaban J connectivity index is 1.88. The minimum atomic E-state index is -5.11. The number of aromatic nitrogens is 1. The van der Waals surface area contributed by atoms with Gasteiger partial charge in [0.2, 0.25) is 0 Å². The maximum absolute atomic E-state index is 14.4. The first-order valence-corrected chi connectivity index (χ1v) is 11.9. The SMILES string of the molecule is Cc1cccc(C)c1-c1cc2nccc(NS(=O)(=O)c3c(F)c(F)c(F)c(F)c3CF)c2cc1Cl. The van der Waals surface area contributed by atoms with Gasteiger partial charge < -0.3 is 0 Å². The number of nitrogens with zero attached hydrogens (tertiary/aromatic N) is 1. The van der Waals surface area contributed by atoms with Crippen LogP contribution in [0.2, 0.25) is 5.02 Å². The number of nitrogens with one attached hydrogen (secondary N) is 1. The van der Waals surface area contributed by atoms with Crippen LogP contribution in [0.15, 0.2) is 47.5 Å². The van der Waals surface area contributed by atoms with Crippen molar-refractivity contribution in [1.82, 2.24) is 4.98 Å². The number of benzene rings is 3. The molecule has 182 valence electrons. The van der Waals surface area contributed by atoms with Crippen LogP contribution in [0.5, 0.6) is 0 Å². The number of sulfonamides is 1. The molecule has 1 heterocycles. The summed E-state index contributed by atoms with van der Waals surface area (Å²) in [6.07, 6.45) is 1.25. The van der Waals surface area contributed by atoms with Gasteiger partial charge in [0, 0.05) is 27.7 Å². The molecule has 0 atom stereocenters. The van der Waals surface area contributed by atoms with Gasteiger partial charge in [0.1, 0.15) is 11.6 Å².